The van der Waals surface area contributed by atoms with Crippen LogP contribution in [0.2, 0.25) is 0 Å². The lowest BCUT2D eigenvalue weighted by molar-refractivity contribution is -0.120. The van der Waals surface area contributed by atoms with Crippen LogP contribution < -0.4 is 10.2 Å². The number of aromatic nitrogens is 2. The maximum Gasteiger partial charge on any atom is 0.239 e. The van der Waals surface area contributed by atoms with Crippen LogP contribution in [0.4, 0.5) is 5.69 Å². The van der Waals surface area contributed by atoms with Crippen LogP contribution in [0.1, 0.15) is 41.9 Å². The van der Waals surface area contributed by atoms with Crippen LogP contribution in [0.25, 0.3) is 0 Å². The molecule has 0 bridgehead atoms. The molecule has 2 aromatic carbocycles. The van der Waals surface area contributed by atoms with Gasteiger partial charge in [0.05, 0.1) is 18.8 Å². The van der Waals surface area contributed by atoms with E-state index in [0.29, 0.717) is 13.1 Å². The molecule has 0 aliphatic carbocycles. The molecule has 0 atom stereocenters. The van der Waals surface area contributed by atoms with Crippen molar-refractivity contribution in [2.75, 3.05) is 11.4 Å². The predicted octanol–water partition coefficient (Wildman–Crippen LogP) is 4.39. The average molecular weight is 405 g/mol. The van der Waals surface area contributed by atoms with Gasteiger partial charge >= 0.3 is 0 Å². The second-order valence-corrected chi connectivity index (χ2v) is 8.13. The van der Waals surface area contributed by atoms with Crippen LogP contribution in [0.3, 0.4) is 0 Å². The molecular formula is C25H32N4O. The SMILES string of the molecule is Cc1ccc(N(CC(=O)NCc2c(C)nn(Cc3ccccc3)c2C)C(C)C)cc1. The van der Waals surface area contributed by atoms with Gasteiger partial charge in [0.1, 0.15) is 0 Å². The van der Waals surface area contributed by atoms with Crippen LogP contribution in [0.5, 0.6) is 0 Å². The van der Waals surface area contributed by atoms with Crippen molar-refractivity contribution < 1.29 is 4.79 Å². The number of rotatable bonds is 8. The Labute approximate surface area is 179 Å². The minimum atomic E-state index is 0.0129. The summed E-state index contributed by atoms with van der Waals surface area (Å²) in [5.41, 5.74) is 6.63. The highest BCUT2D eigenvalue weighted by atomic mass is 16.2. The Bertz CT molecular complexity index is 974. The molecule has 3 rings (SSSR count). The highest BCUT2D eigenvalue weighted by Crippen LogP contribution is 2.18. The molecule has 0 spiro atoms. The summed E-state index contributed by atoms with van der Waals surface area (Å²) in [5, 5.41) is 7.77. The smallest absolute Gasteiger partial charge is 0.239 e. The molecule has 1 aromatic heterocycles. The number of hydrogen-bond acceptors (Lipinski definition) is 3. The number of hydrogen-bond donors (Lipinski definition) is 1. The van der Waals surface area contributed by atoms with E-state index in [2.05, 4.69) is 79.4 Å². The summed E-state index contributed by atoms with van der Waals surface area (Å²) in [6.07, 6.45) is 0. The first-order valence-corrected chi connectivity index (χ1v) is 10.5. The van der Waals surface area contributed by atoms with E-state index in [0.717, 1.165) is 29.2 Å². The number of nitrogens with zero attached hydrogens (tertiary/aromatic N) is 3. The zero-order valence-electron chi connectivity index (χ0n) is 18.6. The van der Waals surface area contributed by atoms with Crippen molar-refractivity contribution in [2.45, 2.75) is 53.8 Å². The fourth-order valence-corrected chi connectivity index (χ4v) is 3.61. The molecule has 0 saturated heterocycles. The maximum absolute atomic E-state index is 12.7. The van der Waals surface area contributed by atoms with E-state index in [9.17, 15) is 4.79 Å². The van der Waals surface area contributed by atoms with Gasteiger partial charge in [-0.2, -0.15) is 5.10 Å². The first-order chi connectivity index (χ1) is 14.3. The summed E-state index contributed by atoms with van der Waals surface area (Å²) in [7, 11) is 0. The second kappa shape index (κ2) is 9.61. The molecule has 0 unspecified atom stereocenters. The Morgan fingerprint density at radius 2 is 1.70 bits per heavy atom. The fourth-order valence-electron chi connectivity index (χ4n) is 3.61. The topological polar surface area (TPSA) is 50.2 Å². The van der Waals surface area contributed by atoms with E-state index >= 15 is 0 Å². The fraction of sp³-hybridized carbons (Fsp3) is 0.360. The lowest BCUT2D eigenvalue weighted by Crippen LogP contribution is -2.40. The van der Waals surface area contributed by atoms with Crippen LogP contribution in [-0.2, 0) is 17.9 Å². The summed E-state index contributed by atoms with van der Waals surface area (Å²) < 4.78 is 2.01. The second-order valence-electron chi connectivity index (χ2n) is 8.13. The summed E-state index contributed by atoms with van der Waals surface area (Å²) in [6, 6.07) is 18.8. The van der Waals surface area contributed by atoms with Crippen LogP contribution in [0, 0.1) is 20.8 Å². The Balaban J connectivity index is 1.64. The Hall–Kier alpha value is -3.08. The van der Waals surface area contributed by atoms with Gasteiger partial charge in [0.2, 0.25) is 5.91 Å². The van der Waals surface area contributed by atoms with Crippen LogP contribution in [-0.4, -0.2) is 28.3 Å². The molecule has 1 heterocycles. The van der Waals surface area contributed by atoms with Crippen molar-refractivity contribution in [3.05, 3.63) is 82.7 Å². The van der Waals surface area contributed by atoms with E-state index in [1.807, 2.05) is 29.8 Å². The zero-order valence-corrected chi connectivity index (χ0v) is 18.6. The van der Waals surface area contributed by atoms with Crippen molar-refractivity contribution in [1.82, 2.24) is 15.1 Å². The molecular weight excluding hydrogens is 372 g/mol. The molecule has 3 aromatic rings. The summed E-state index contributed by atoms with van der Waals surface area (Å²) in [5.74, 6) is 0.0129. The van der Waals surface area contributed by atoms with Crippen LogP contribution in [0.15, 0.2) is 54.6 Å². The van der Waals surface area contributed by atoms with Gasteiger partial charge in [-0.1, -0.05) is 48.0 Å². The normalized spacial score (nSPS) is 11.0. The maximum atomic E-state index is 12.7. The molecule has 0 radical (unpaired) electrons. The first-order valence-electron chi connectivity index (χ1n) is 10.5. The standard InChI is InChI=1S/C25H32N4O/c1-18(2)28(23-13-11-19(3)12-14-23)17-25(30)26-15-24-20(4)27-29(21(24)5)16-22-9-7-6-8-10-22/h6-14,18H,15-17H2,1-5H3,(H,26,30). The van der Waals surface area contributed by atoms with E-state index in [1.165, 1.54) is 11.1 Å². The van der Waals surface area contributed by atoms with Crippen molar-refractivity contribution in [2.24, 2.45) is 0 Å². The highest BCUT2D eigenvalue weighted by Gasteiger charge is 2.17. The largest absolute Gasteiger partial charge is 0.360 e. The van der Waals surface area contributed by atoms with Crippen molar-refractivity contribution in [3.8, 4) is 0 Å². The molecule has 0 aliphatic heterocycles. The monoisotopic (exact) mass is 404 g/mol. The molecule has 5 nitrogen and oxygen atoms in total. The molecule has 30 heavy (non-hydrogen) atoms. The summed E-state index contributed by atoms with van der Waals surface area (Å²) in [6.45, 7) is 11.9. The third kappa shape index (κ3) is 5.29. The van der Waals surface area contributed by atoms with Crippen molar-refractivity contribution >= 4 is 11.6 Å². The van der Waals surface area contributed by atoms with E-state index in [1.54, 1.807) is 0 Å². The third-order valence-corrected chi connectivity index (χ3v) is 5.47. The number of carbonyl (C=O) groups is 1. The Kier molecular flexibility index (Phi) is 6.93. The minimum absolute atomic E-state index is 0.0129. The summed E-state index contributed by atoms with van der Waals surface area (Å²) in [4.78, 5) is 14.8. The molecule has 0 fully saturated rings. The molecule has 1 amide bonds. The predicted molar refractivity (Wildman–Crippen MR) is 123 cm³/mol. The van der Waals surface area contributed by atoms with Gasteiger partial charge in [0, 0.05) is 29.5 Å². The molecule has 5 heteroatoms. The quantitative estimate of drug-likeness (QED) is 0.606. The number of amides is 1. The number of anilines is 1. The van der Waals surface area contributed by atoms with Gasteiger partial charge in [-0.05, 0) is 52.3 Å². The Morgan fingerprint density at radius 3 is 2.33 bits per heavy atom. The highest BCUT2D eigenvalue weighted by molar-refractivity contribution is 5.81. The molecule has 0 aliphatic rings. The first kappa shape index (κ1) is 21.6. The molecule has 0 saturated carbocycles. The lowest BCUT2D eigenvalue weighted by atomic mass is 10.1. The minimum Gasteiger partial charge on any atom is -0.360 e. The van der Waals surface area contributed by atoms with E-state index < -0.39 is 0 Å². The van der Waals surface area contributed by atoms with E-state index in [-0.39, 0.29) is 11.9 Å². The number of carbonyl (C=O) groups excluding carboxylic acids is 1. The number of benzene rings is 2. The molecule has 158 valence electrons. The van der Waals surface area contributed by atoms with Gasteiger partial charge < -0.3 is 10.2 Å². The van der Waals surface area contributed by atoms with Gasteiger partial charge in [-0.25, -0.2) is 0 Å². The zero-order chi connectivity index (χ0) is 21.7. The van der Waals surface area contributed by atoms with Crippen molar-refractivity contribution in [3.63, 3.8) is 0 Å². The summed E-state index contributed by atoms with van der Waals surface area (Å²) >= 11 is 0. The number of aryl methyl sites for hydroxylation is 2. The average Bonchev–Trinajstić information content (AvgIpc) is 2.98. The van der Waals surface area contributed by atoms with E-state index in [4.69, 9.17) is 0 Å². The lowest BCUT2D eigenvalue weighted by Gasteiger charge is -2.28. The Morgan fingerprint density at radius 1 is 1.03 bits per heavy atom. The van der Waals surface area contributed by atoms with Crippen molar-refractivity contribution in [1.29, 1.82) is 0 Å². The van der Waals surface area contributed by atoms with Crippen LogP contribution >= 0.6 is 0 Å². The van der Waals surface area contributed by atoms with Gasteiger partial charge in [0.15, 0.2) is 0 Å². The van der Waals surface area contributed by atoms with Gasteiger partial charge in [0.25, 0.3) is 0 Å². The van der Waals surface area contributed by atoms with Gasteiger partial charge in [-0.3, -0.25) is 9.48 Å². The van der Waals surface area contributed by atoms with Gasteiger partial charge in [-0.15, -0.1) is 0 Å². The third-order valence-electron chi connectivity index (χ3n) is 5.47. The molecule has 1 N–H and O–H groups in total. The number of nitrogens with one attached hydrogen (secondary N) is 1.